The Morgan fingerprint density at radius 3 is 2.63 bits per heavy atom. The monoisotopic (exact) mass is 259 g/mol. The van der Waals surface area contributed by atoms with Crippen LogP contribution in [-0.2, 0) is 0 Å². The fraction of sp³-hybridized carbons (Fsp3) is 0.133. The van der Waals surface area contributed by atoms with Crippen molar-refractivity contribution in [1.82, 2.24) is 0 Å². The first-order chi connectivity index (χ1) is 9.02. The number of carbonyl (C=O) groups excluding carboxylic acids is 1. The van der Waals surface area contributed by atoms with E-state index in [9.17, 15) is 9.18 Å². The fourth-order valence-corrected chi connectivity index (χ4v) is 1.94. The number of anilines is 1. The second kappa shape index (κ2) is 5.10. The predicted octanol–water partition coefficient (Wildman–Crippen LogP) is 2.96. The second-order valence-corrected chi connectivity index (χ2v) is 4.27. The van der Waals surface area contributed by atoms with E-state index < -0.39 is 5.82 Å². The highest BCUT2D eigenvalue weighted by Gasteiger charge is 2.16. The van der Waals surface area contributed by atoms with E-state index in [0.717, 1.165) is 0 Å². The molecule has 2 rings (SSSR count). The van der Waals surface area contributed by atoms with Gasteiger partial charge in [0.15, 0.2) is 5.78 Å². The molecule has 0 heterocycles. The molecule has 0 spiro atoms. The van der Waals surface area contributed by atoms with Gasteiger partial charge in [0, 0.05) is 11.1 Å². The summed E-state index contributed by atoms with van der Waals surface area (Å²) in [5.74, 6) is -0.331. The third-order valence-electron chi connectivity index (χ3n) is 2.83. The van der Waals surface area contributed by atoms with Crippen LogP contribution in [0.3, 0.4) is 0 Å². The average molecular weight is 259 g/mol. The second-order valence-electron chi connectivity index (χ2n) is 4.27. The van der Waals surface area contributed by atoms with Crippen LogP contribution >= 0.6 is 0 Å². The molecule has 4 heteroatoms. The van der Waals surface area contributed by atoms with Crippen molar-refractivity contribution in [1.29, 1.82) is 0 Å². The van der Waals surface area contributed by atoms with Crippen LogP contribution in [0.25, 0.3) is 0 Å². The number of aryl methyl sites for hydroxylation is 1. The van der Waals surface area contributed by atoms with E-state index in [2.05, 4.69) is 0 Å². The maximum atomic E-state index is 13.3. The number of hydrogen-bond acceptors (Lipinski definition) is 3. The number of methoxy groups -OCH3 is 1. The van der Waals surface area contributed by atoms with Gasteiger partial charge in [-0.05, 0) is 42.8 Å². The number of carbonyl (C=O) groups is 1. The summed E-state index contributed by atoms with van der Waals surface area (Å²) < 4.78 is 18.4. The molecule has 2 aromatic carbocycles. The minimum Gasteiger partial charge on any atom is -0.495 e. The van der Waals surface area contributed by atoms with E-state index in [1.165, 1.54) is 19.2 Å². The summed E-state index contributed by atoms with van der Waals surface area (Å²) >= 11 is 0. The first kappa shape index (κ1) is 13.1. The van der Waals surface area contributed by atoms with Crippen LogP contribution in [0.4, 0.5) is 10.1 Å². The zero-order chi connectivity index (χ0) is 14.0. The topological polar surface area (TPSA) is 52.3 Å². The van der Waals surface area contributed by atoms with Crippen molar-refractivity contribution in [2.45, 2.75) is 6.92 Å². The number of halogens is 1. The molecule has 2 N–H and O–H groups in total. The van der Waals surface area contributed by atoms with E-state index in [-0.39, 0.29) is 17.0 Å². The lowest BCUT2D eigenvalue weighted by Gasteiger charge is -2.09. The van der Waals surface area contributed by atoms with Crippen molar-refractivity contribution < 1.29 is 13.9 Å². The highest BCUT2D eigenvalue weighted by atomic mass is 19.1. The van der Waals surface area contributed by atoms with Crippen LogP contribution in [0.2, 0.25) is 0 Å². The third kappa shape index (κ3) is 2.57. The van der Waals surface area contributed by atoms with Gasteiger partial charge >= 0.3 is 0 Å². The van der Waals surface area contributed by atoms with Gasteiger partial charge in [-0.3, -0.25) is 4.79 Å². The van der Waals surface area contributed by atoms with Gasteiger partial charge in [0.05, 0.1) is 12.8 Å². The van der Waals surface area contributed by atoms with Crippen molar-refractivity contribution in [2.75, 3.05) is 12.8 Å². The molecule has 98 valence electrons. The van der Waals surface area contributed by atoms with E-state index >= 15 is 0 Å². The summed E-state index contributed by atoms with van der Waals surface area (Å²) in [4.78, 5) is 12.3. The molecule has 3 nitrogen and oxygen atoms in total. The Kier molecular flexibility index (Phi) is 3.51. The van der Waals surface area contributed by atoms with Crippen molar-refractivity contribution in [3.8, 4) is 5.75 Å². The molecular formula is C15H14FNO2. The molecule has 0 aromatic heterocycles. The summed E-state index contributed by atoms with van der Waals surface area (Å²) in [6.45, 7) is 1.73. The number of hydrogen-bond donors (Lipinski definition) is 1. The van der Waals surface area contributed by atoms with Crippen LogP contribution < -0.4 is 10.5 Å². The maximum absolute atomic E-state index is 13.3. The van der Waals surface area contributed by atoms with Gasteiger partial charge in [-0.1, -0.05) is 6.07 Å². The van der Waals surface area contributed by atoms with Gasteiger partial charge in [-0.15, -0.1) is 0 Å². The number of para-hydroxylation sites is 1. The van der Waals surface area contributed by atoms with E-state index in [1.807, 2.05) is 0 Å². The number of ether oxygens (including phenoxy) is 1. The minimum absolute atomic E-state index is 0.261. The van der Waals surface area contributed by atoms with Crippen molar-refractivity contribution in [3.05, 3.63) is 58.9 Å². The maximum Gasteiger partial charge on any atom is 0.195 e. The molecule has 0 radical (unpaired) electrons. The highest BCUT2D eigenvalue weighted by Crippen LogP contribution is 2.27. The highest BCUT2D eigenvalue weighted by molar-refractivity contribution is 6.12. The lowest BCUT2D eigenvalue weighted by molar-refractivity contribution is 0.103. The van der Waals surface area contributed by atoms with Crippen LogP contribution in [0, 0.1) is 12.7 Å². The Balaban J connectivity index is 2.50. The Labute approximate surface area is 110 Å². The Morgan fingerprint density at radius 1 is 1.26 bits per heavy atom. The lowest BCUT2D eigenvalue weighted by atomic mass is 10.00. The SMILES string of the molecule is COc1cccc(C(=O)c2cc(C)cc(F)c2)c1N. The van der Waals surface area contributed by atoms with Crippen molar-refractivity contribution >= 4 is 11.5 Å². The molecule has 0 bridgehead atoms. The Morgan fingerprint density at radius 2 is 2.00 bits per heavy atom. The minimum atomic E-state index is -0.440. The predicted molar refractivity (Wildman–Crippen MR) is 72.0 cm³/mol. The fourth-order valence-electron chi connectivity index (χ4n) is 1.94. The van der Waals surface area contributed by atoms with E-state index in [1.54, 1.807) is 31.2 Å². The molecule has 0 aliphatic rings. The molecule has 0 amide bonds. The lowest BCUT2D eigenvalue weighted by Crippen LogP contribution is -2.07. The van der Waals surface area contributed by atoms with Crippen LogP contribution in [0.15, 0.2) is 36.4 Å². The number of benzene rings is 2. The molecule has 0 aliphatic carbocycles. The van der Waals surface area contributed by atoms with Crippen molar-refractivity contribution in [2.24, 2.45) is 0 Å². The molecular weight excluding hydrogens is 245 g/mol. The summed E-state index contributed by atoms with van der Waals surface area (Å²) in [5, 5.41) is 0. The number of nitrogen functional groups attached to an aromatic ring is 1. The summed E-state index contributed by atoms with van der Waals surface area (Å²) in [7, 11) is 1.48. The zero-order valence-electron chi connectivity index (χ0n) is 10.7. The normalized spacial score (nSPS) is 10.3. The molecule has 0 fully saturated rings. The molecule has 0 saturated carbocycles. The molecule has 19 heavy (non-hydrogen) atoms. The summed E-state index contributed by atoms with van der Waals surface area (Å²) in [6, 6.07) is 9.14. The van der Waals surface area contributed by atoms with Gasteiger partial charge in [0.1, 0.15) is 11.6 Å². The number of nitrogens with two attached hydrogens (primary N) is 1. The largest absolute Gasteiger partial charge is 0.495 e. The van der Waals surface area contributed by atoms with Crippen LogP contribution in [0.5, 0.6) is 5.75 Å². The Hall–Kier alpha value is -2.36. The standard InChI is InChI=1S/C15H14FNO2/c1-9-6-10(8-11(16)7-9)15(18)12-4-3-5-13(19-2)14(12)17/h3-8H,17H2,1-2H3. The van der Waals surface area contributed by atoms with Gasteiger partial charge in [0.2, 0.25) is 0 Å². The molecule has 0 aliphatic heterocycles. The van der Waals surface area contributed by atoms with E-state index in [4.69, 9.17) is 10.5 Å². The van der Waals surface area contributed by atoms with Crippen molar-refractivity contribution in [3.63, 3.8) is 0 Å². The van der Waals surface area contributed by atoms with Gasteiger partial charge < -0.3 is 10.5 Å². The van der Waals surface area contributed by atoms with Gasteiger partial charge in [-0.2, -0.15) is 0 Å². The van der Waals surface area contributed by atoms with Gasteiger partial charge in [0.25, 0.3) is 0 Å². The molecule has 2 aromatic rings. The molecule has 0 saturated heterocycles. The summed E-state index contributed by atoms with van der Waals surface area (Å²) in [6.07, 6.45) is 0. The first-order valence-corrected chi connectivity index (χ1v) is 5.77. The number of rotatable bonds is 3. The molecule has 0 unspecified atom stereocenters. The quantitative estimate of drug-likeness (QED) is 0.681. The van der Waals surface area contributed by atoms with Gasteiger partial charge in [-0.25, -0.2) is 4.39 Å². The van der Waals surface area contributed by atoms with E-state index in [0.29, 0.717) is 16.9 Å². The first-order valence-electron chi connectivity index (χ1n) is 5.77. The van der Waals surface area contributed by atoms with Crippen LogP contribution in [0.1, 0.15) is 21.5 Å². The Bertz CT molecular complexity index is 618. The number of ketones is 1. The smallest absolute Gasteiger partial charge is 0.195 e. The van der Waals surface area contributed by atoms with Crippen LogP contribution in [-0.4, -0.2) is 12.9 Å². The zero-order valence-corrected chi connectivity index (χ0v) is 10.7. The summed E-state index contributed by atoms with van der Waals surface area (Å²) in [5.41, 5.74) is 7.40. The average Bonchev–Trinajstić information content (AvgIpc) is 2.37. The third-order valence-corrected chi connectivity index (χ3v) is 2.83. The molecule has 0 atom stereocenters.